The Kier molecular flexibility index (Phi) is 6.49. The van der Waals surface area contributed by atoms with Crippen molar-refractivity contribution in [3.8, 4) is 11.1 Å². The lowest BCUT2D eigenvalue weighted by atomic mass is 9.98. The van der Waals surface area contributed by atoms with Gasteiger partial charge in [-0.15, -0.1) is 5.10 Å². The maximum absolute atomic E-state index is 13.0. The van der Waals surface area contributed by atoms with E-state index in [1.807, 2.05) is 54.6 Å². The predicted molar refractivity (Wildman–Crippen MR) is 133 cm³/mol. The molecule has 1 aliphatic carbocycles. The van der Waals surface area contributed by atoms with Crippen LogP contribution in [0.1, 0.15) is 47.3 Å². The van der Waals surface area contributed by atoms with Crippen LogP contribution in [-0.2, 0) is 16.0 Å². The number of fused-ring (bicyclic) bond motifs is 3. The Morgan fingerprint density at radius 3 is 2.22 bits per heavy atom. The molecule has 1 unspecified atom stereocenters. The number of rotatable bonds is 8. The number of ether oxygens (including phenoxy) is 1. The topological polar surface area (TPSA) is 106 Å². The van der Waals surface area contributed by atoms with E-state index in [2.05, 4.69) is 39.9 Å². The van der Waals surface area contributed by atoms with Crippen LogP contribution in [0.4, 0.5) is 4.79 Å². The van der Waals surface area contributed by atoms with Crippen molar-refractivity contribution >= 4 is 12.1 Å². The first-order chi connectivity index (χ1) is 17.5. The highest BCUT2D eigenvalue weighted by atomic mass is 16.5. The van der Waals surface area contributed by atoms with E-state index in [-0.39, 0.29) is 12.5 Å². The number of benzene rings is 3. The summed E-state index contributed by atoms with van der Waals surface area (Å²) in [5.74, 6) is -1.10. The van der Waals surface area contributed by atoms with E-state index in [1.54, 1.807) is 0 Å². The fourth-order valence-electron chi connectivity index (χ4n) is 4.77. The maximum atomic E-state index is 13.0. The maximum Gasteiger partial charge on any atom is 0.407 e. The zero-order valence-corrected chi connectivity index (χ0v) is 19.7. The minimum Gasteiger partial charge on any atom is -0.480 e. The van der Waals surface area contributed by atoms with E-state index in [0.29, 0.717) is 12.1 Å². The summed E-state index contributed by atoms with van der Waals surface area (Å²) in [6.07, 6.45) is 1.31. The summed E-state index contributed by atoms with van der Waals surface area (Å²) in [4.78, 5) is 24.6. The van der Waals surface area contributed by atoms with Crippen LogP contribution < -0.4 is 5.32 Å². The fraction of sp³-hybridized carbons (Fsp3) is 0.214. The number of nitrogens with one attached hydrogen (secondary N) is 1. The molecule has 0 aliphatic heterocycles. The van der Waals surface area contributed by atoms with Crippen LogP contribution in [0, 0.1) is 0 Å². The minimum atomic E-state index is -1.04. The van der Waals surface area contributed by atoms with Gasteiger partial charge in [0.1, 0.15) is 12.6 Å². The lowest BCUT2D eigenvalue weighted by molar-refractivity contribution is -0.140. The molecular formula is C28H26N4O4. The smallest absolute Gasteiger partial charge is 0.407 e. The first-order valence-electron chi connectivity index (χ1n) is 11.8. The average molecular weight is 483 g/mol. The van der Waals surface area contributed by atoms with Gasteiger partial charge in [-0.25, -0.2) is 14.3 Å². The van der Waals surface area contributed by atoms with E-state index < -0.39 is 24.1 Å². The zero-order valence-electron chi connectivity index (χ0n) is 19.7. The standard InChI is InChI=1S/C28H26N4O4/c1-18(27(33)34)32-26(16-29-31-32)25(15-19-9-3-2-4-10-19)30-28(35)36-17-24-22-13-7-5-11-20(22)21-12-6-8-14-23(21)24/h2-14,16,18,24-25H,15,17H2,1H3,(H,30,35)(H,33,34)/t18?,25-/m0/s1. The molecule has 1 aromatic heterocycles. The van der Waals surface area contributed by atoms with E-state index >= 15 is 0 Å². The molecule has 8 nitrogen and oxygen atoms in total. The highest BCUT2D eigenvalue weighted by Crippen LogP contribution is 2.44. The summed E-state index contributed by atoms with van der Waals surface area (Å²) >= 11 is 0. The fourth-order valence-corrected chi connectivity index (χ4v) is 4.77. The van der Waals surface area contributed by atoms with Crippen molar-refractivity contribution in [2.75, 3.05) is 6.61 Å². The highest BCUT2D eigenvalue weighted by molar-refractivity contribution is 5.79. The number of alkyl carbamates (subject to hydrolysis) is 1. The number of carbonyl (C=O) groups excluding carboxylic acids is 1. The van der Waals surface area contributed by atoms with Gasteiger partial charge >= 0.3 is 12.1 Å². The molecule has 1 aliphatic rings. The van der Waals surface area contributed by atoms with Crippen LogP contribution in [0.15, 0.2) is 85.1 Å². The van der Waals surface area contributed by atoms with E-state index in [0.717, 1.165) is 27.8 Å². The molecule has 0 fully saturated rings. The van der Waals surface area contributed by atoms with Crippen molar-refractivity contribution in [3.05, 3.63) is 107 Å². The molecule has 4 aromatic rings. The Hall–Kier alpha value is -4.46. The van der Waals surface area contributed by atoms with Crippen LogP contribution in [0.3, 0.4) is 0 Å². The molecule has 8 heteroatoms. The van der Waals surface area contributed by atoms with E-state index in [4.69, 9.17) is 4.74 Å². The van der Waals surface area contributed by atoms with Crippen molar-refractivity contribution in [3.63, 3.8) is 0 Å². The number of hydrogen-bond donors (Lipinski definition) is 2. The minimum absolute atomic E-state index is 0.0602. The first-order valence-corrected chi connectivity index (χ1v) is 11.8. The average Bonchev–Trinajstić information content (AvgIpc) is 3.50. The quantitative estimate of drug-likeness (QED) is 0.376. The van der Waals surface area contributed by atoms with Crippen molar-refractivity contribution in [1.82, 2.24) is 20.3 Å². The number of carboxylic acid groups (broad SMARTS) is 1. The Labute approximate surface area is 208 Å². The molecule has 2 N–H and O–H groups in total. The Bertz CT molecular complexity index is 1340. The third kappa shape index (κ3) is 4.57. The zero-order chi connectivity index (χ0) is 25.1. The van der Waals surface area contributed by atoms with Gasteiger partial charge in [0.05, 0.1) is 17.9 Å². The highest BCUT2D eigenvalue weighted by Gasteiger charge is 2.30. The number of aliphatic carboxylic acids is 1. The summed E-state index contributed by atoms with van der Waals surface area (Å²) in [5.41, 5.74) is 6.03. The Balaban J connectivity index is 1.35. The van der Waals surface area contributed by atoms with Crippen LogP contribution >= 0.6 is 0 Å². The van der Waals surface area contributed by atoms with Gasteiger partial charge in [0.25, 0.3) is 0 Å². The third-order valence-electron chi connectivity index (χ3n) is 6.60. The van der Waals surface area contributed by atoms with Crippen LogP contribution in [0.5, 0.6) is 0 Å². The molecular weight excluding hydrogens is 456 g/mol. The van der Waals surface area contributed by atoms with Gasteiger partial charge < -0.3 is 15.2 Å². The van der Waals surface area contributed by atoms with Gasteiger partial charge in [-0.1, -0.05) is 84.1 Å². The van der Waals surface area contributed by atoms with Crippen molar-refractivity contribution in [1.29, 1.82) is 0 Å². The molecule has 0 radical (unpaired) electrons. The summed E-state index contributed by atoms with van der Waals surface area (Å²) in [6, 6.07) is 24.4. The summed E-state index contributed by atoms with van der Waals surface area (Å²) in [5, 5.41) is 20.3. The molecule has 0 saturated heterocycles. The lowest BCUT2D eigenvalue weighted by Crippen LogP contribution is -2.34. The molecule has 182 valence electrons. The number of hydrogen-bond acceptors (Lipinski definition) is 5. The molecule has 0 saturated carbocycles. The van der Waals surface area contributed by atoms with Gasteiger partial charge in [0.2, 0.25) is 0 Å². The Morgan fingerprint density at radius 1 is 0.972 bits per heavy atom. The molecule has 0 bridgehead atoms. The van der Waals surface area contributed by atoms with Crippen molar-refractivity contribution in [2.24, 2.45) is 0 Å². The molecule has 1 amide bonds. The normalized spacial score (nSPS) is 13.9. The number of nitrogens with zero attached hydrogens (tertiary/aromatic N) is 3. The van der Waals surface area contributed by atoms with Gasteiger partial charge in [-0.05, 0) is 41.2 Å². The summed E-state index contributed by atoms with van der Waals surface area (Å²) in [6.45, 7) is 1.70. The van der Waals surface area contributed by atoms with Gasteiger partial charge in [-0.3, -0.25) is 0 Å². The van der Waals surface area contributed by atoms with Crippen molar-refractivity contribution in [2.45, 2.75) is 31.3 Å². The largest absolute Gasteiger partial charge is 0.480 e. The number of carbonyl (C=O) groups is 2. The third-order valence-corrected chi connectivity index (χ3v) is 6.60. The van der Waals surface area contributed by atoms with Gasteiger partial charge in [-0.2, -0.15) is 0 Å². The van der Waals surface area contributed by atoms with Crippen LogP contribution in [0.2, 0.25) is 0 Å². The number of aromatic nitrogens is 3. The summed E-state index contributed by atoms with van der Waals surface area (Å²) < 4.78 is 7.06. The molecule has 2 atom stereocenters. The lowest BCUT2D eigenvalue weighted by Gasteiger charge is -2.22. The molecule has 0 spiro atoms. The van der Waals surface area contributed by atoms with E-state index in [1.165, 1.54) is 17.8 Å². The summed E-state index contributed by atoms with van der Waals surface area (Å²) in [7, 11) is 0. The number of carboxylic acids is 1. The second-order valence-electron chi connectivity index (χ2n) is 8.83. The predicted octanol–water partition coefficient (Wildman–Crippen LogP) is 4.75. The SMILES string of the molecule is CC(C(=O)O)n1nncc1[C@H](Cc1ccccc1)NC(=O)OCC1c2ccccc2-c2ccccc21. The monoisotopic (exact) mass is 482 g/mol. The van der Waals surface area contributed by atoms with Gasteiger partial charge in [0.15, 0.2) is 0 Å². The Morgan fingerprint density at radius 2 is 1.58 bits per heavy atom. The van der Waals surface area contributed by atoms with Crippen LogP contribution in [-0.4, -0.2) is 38.8 Å². The molecule has 5 rings (SSSR count). The molecule has 36 heavy (non-hydrogen) atoms. The van der Waals surface area contributed by atoms with Crippen LogP contribution in [0.25, 0.3) is 11.1 Å². The van der Waals surface area contributed by atoms with Gasteiger partial charge in [0, 0.05) is 5.92 Å². The molecule has 3 aromatic carbocycles. The second-order valence-corrected chi connectivity index (χ2v) is 8.83. The second kappa shape index (κ2) is 10.0. The first kappa shape index (κ1) is 23.3. The van der Waals surface area contributed by atoms with Crippen molar-refractivity contribution < 1.29 is 19.4 Å². The van der Waals surface area contributed by atoms with E-state index in [9.17, 15) is 14.7 Å². The number of amides is 1. The molecule has 1 heterocycles.